The van der Waals surface area contributed by atoms with Crippen molar-refractivity contribution in [3.63, 3.8) is 0 Å². The van der Waals surface area contributed by atoms with Crippen molar-refractivity contribution in [1.29, 1.82) is 0 Å². The van der Waals surface area contributed by atoms with Crippen LogP contribution in [0.1, 0.15) is 52.9 Å². The van der Waals surface area contributed by atoms with Gasteiger partial charge in [-0.15, -0.1) is 0 Å². The minimum atomic E-state index is -0.525. The first-order valence-electron chi connectivity index (χ1n) is 11.9. The number of ether oxygens (including phenoxy) is 1. The van der Waals surface area contributed by atoms with Crippen molar-refractivity contribution in [2.75, 3.05) is 29.9 Å². The van der Waals surface area contributed by atoms with Gasteiger partial charge in [-0.2, -0.15) is 0 Å². The largest absolute Gasteiger partial charge is 0.444 e. The molecule has 0 unspecified atom stereocenters. The Kier molecular flexibility index (Phi) is 7.00. The number of halogens is 1. The standard InChI is InChI=1S/C25H32FN5O3/c1-25(2,3)34-24(33)30-13-10-18(11-14-30)28-23-27-16-20(26)22(29-23)17-7-6-8-19(15-17)31-12-5-4-9-21(31)32/h6-8,15-16,18H,4-5,9-14H2,1-3H3,(H,27,28,29). The average Bonchev–Trinajstić information content (AvgIpc) is 2.80. The molecule has 2 amide bonds. The number of carbonyl (C=O) groups is 2. The zero-order chi connectivity index (χ0) is 24.3. The Hall–Kier alpha value is -3.23. The van der Waals surface area contributed by atoms with E-state index in [0.29, 0.717) is 50.4 Å². The first-order valence-corrected chi connectivity index (χ1v) is 11.9. The molecule has 0 spiro atoms. The van der Waals surface area contributed by atoms with Gasteiger partial charge in [0.2, 0.25) is 11.9 Å². The third kappa shape index (κ3) is 5.81. The topological polar surface area (TPSA) is 87.7 Å². The Morgan fingerprint density at radius 3 is 2.65 bits per heavy atom. The molecular formula is C25H32FN5O3. The number of nitrogens with zero attached hydrogens (tertiary/aromatic N) is 4. The minimum Gasteiger partial charge on any atom is -0.444 e. The van der Waals surface area contributed by atoms with E-state index in [4.69, 9.17) is 4.74 Å². The number of nitrogens with one attached hydrogen (secondary N) is 1. The fraction of sp³-hybridized carbons (Fsp3) is 0.520. The molecule has 0 aliphatic carbocycles. The number of hydrogen-bond acceptors (Lipinski definition) is 6. The van der Waals surface area contributed by atoms with Crippen LogP contribution in [0.4, 0.5) is 20.8 Å². The van der Waals surface area contributed by atoms with Crippen LogP contribution < -0.4 is 10.2 Å². The number of hydrogen-bond donors (Lipinski definition) is 1. The second kappa shape index (κ2) is 9.95. The van der Waals surface area contributed by atoms with Crippen molar-refractivity contribution in [3.05, 3.63) is 36.3 Å². The van der Waals surface area contributed by atoms with Gasteiger partial charge in [0.15, 0.2) is 5.82 Å². The normalized spacial score (nSPS) is 17.6. The lowest BCUT2D eigenvalue weighted by molar-refractivity contribution is -0.119. The number of anilines is 2. The van der Waals surface area contributed by atoms with Gasteiger partial charge < -0.3 is 19.9 Å². The lowest BCUT2D eigenvalue weighted by Gasteiger charge is -2.33. The maximum absolute atomic E-state index is 14.7. The van der Waals surface area contributed by atoms with Crippen LogP contribution in [0, 0.1) is 5.82 Å². The lowest BCUT2D eigenvalue weighted by atomic mass is 10.1. The third-order valence-electron chi connectivity index (χ3n) is 5.98. The van der Waals surface area contributed by atoms with Gasteiger partial charge in [-0.1, -0.05) is 12.1 Å². The molecule has 1 aromatic carbocycles. The van der Waals surface area contributed by atoms with Gasteiger partial charge >= 0.3 is 6.09 Å². The highest BCUT2D eigenvalue weighted by Gasteiger charge is 2.27. The maximum atomic E-state index is 14.7. The molecule has 2 fully saturated rings. The van der Waals surface area contributed by atoms with E-state index in [-0.39, 0.29) is 23.7 Å². The lowest BCUT2D eigenvalue weighted by Crippen LogP contribution is -2.44. The van der Waals surface area contributed by atoms with E-state index in [1.54, 1.807) is 21.9 Å². The second-order valence-electron chi connectivity index (χ2n) is 9.83. The summed E-state index contributed by atoms with van der Waals surface area (Å²) in [6.45, 7) is 7.34. The zero-order valence-electron chi connectivity index (χ0n) is 20.0. The Bertz CT molecular complexity index is 1050. The van der Waals surface area contributed by atoms with E-state index in [9.17, 15) is 14.0 Å². The summed E-state index contributed by atoms with van der Waals surface area (Å²) in [4.78, 5) is 36.6. The number of likely N-dealkylation sites (tertiary alicyclic amines) is 1. The molecule has 4 rings (SSSR count). The number of rotatable bonds is 4. The average molecular weight is 470 g/mol. The summed E-state index contributed by atoms with van der Waals surface area (Å²) >= 11 is 0. The third-order valence-corrected chi connectivity index (χ3v) is 5.98. The summed E-state index contributed by atoms with van der Waals surface area (Å²) in [7, 11) is 0. The molecule has 2 aliphatic heterocycles. The summed E-state index contributed by atoms with van der Waals surface area (Å²) in [5, 5.41) is 3.28. The predicted octanol–water partition coefficient (Wildman–Crippen LogP) is 4.61. The van der Waals surface area contributed by atoms with Crippen molar-refractivity contribution < 1.29 is 18.7 Å². The van der Waals surface area contributed by atoms with Crippen LogP contribution in [-0.4, -0.2) is 58.1 Å². The number of carbonyl (C=O) groups excluding carboxylic acids is 2. The fourth-order valence-electron chi connectivity index (χ4n) is 4.25. The van der Waals surface area contributed by atoms with Crippen LogP contribution in [0.5, 0.6) is 0 Å². The number of benzene rings is 1. The smallest absolute Gasteiger partial charge is 0.410 e. The molecule has 3 heterocycles. The first kappa shape index (κ1) is 23.9. The van der Waals surface area contributed by atoms with Gasteiger partial charge in [0, 0.05) is 43.3 Å². The van der Waals surface area contributed by atoms with Crippen molar-refractivity contribution in [2.24, 2.45) is 0 Å². The highest BCUT2D eigenvalue weighted by molar-refractivity contribution is 5.94. The summed E-state index contributed by atoms with van der Waals surface area (Å²) in [6.07, 6.45) is 4.67. The van der Waals surface area contributed by atoms with Crippen molar-refractivity contribution >= 4 is 23.6 Å². The van der Waals surface area contributed by atoms with Gasteiger partial charge in [-0.25, -0.2) is 19.2 Å². The van der Waals surface area contributed by atoms with Gasteiger partial charge in [0.1, 0.15) is 11.3 Å². The zero-order valence-corrected chi connectivity index (χ0v) is 20.0. The first-order chi connectivity index (χ1) is 16.2. The highest BCUT2D eigenvalue weighted by atomic mass is 19.1. The summed E-state index contributed by atoms with van der Waals surface area (Å²) < 4.78 is 20.1. The van der Waals surface area contributed by atoms with E-state index < -0.39 is 11.4 Å². The van der Waals surface area contributed by atoms with E-state index in [1.807, 2.05) is 32.9 Å². The number of aromatic nitrogens is 2. The summed E-state index contributed by atoms with van der Waals surface area (Å²) in [5.74, 6) is -0.0920. The molecule has 8 nitrogen and oxygen atoms in total. The summed E-state index contributed by atoms with van der Waals surface area (Å²) in [6, 6.07) is 7.33. The van der Waals surface area contributed by atoms with E-state index in [0.717, 1.165) is 18.5 Å². The Morgan fingerprint density at radius 1 is 1.18 bits per heavy atom. The van der Waals surface area contributed by atoms with Gasteiger partial charge in [-0.3, -0.25) is 4.79 Å². The van der Waals surface area contributed by atoms with E-state index >= 15 is 0 Å². The molecule has 0 radical (unpaired) electrons. The Balaban J connectivity index is 1.43. The highest BCUT2D eigenvalue weighted by Crippen LogP contribution is 2.28. The summed E-state index contributed by atoms with van der Waals surface area (Å²) in [5.41, 5.74) is 1.01. The molecule has 2 aliphatic rings. The number of amides is 2. The van der Waals surface area contributed by atoms with Crippen LogP contribution in [-0.2, 0) is 9.53 Å². The SMILES string of the molecule is CC(C)(C)OC(=O)N1CCC(Nc2ncc(F)c(-c3cccc(N4CCCCC4=O)c3)n2)CC1. The number of piperidine rings is 2. The molecule has 182 valence electrons. The van der Waals surface area contributed by atoms with Crippen molar-refractivity contribution in [2.45, 2.75) is 64.5 Å². The minimum absolute atomic E-state index is 0.0642. The molecule has 9 heteroatoms. The molecule has 1 aromatic heterocycles. The fourth-order valence-corrected chi connectivity index (χ4v) is 4.25. The molecule has 2 aromatic rings. The Morgan fingerprint density at radius 2 is 1.94 bits per heavy atom. The predicted molar refractivity (Wildman–Crippen MR) is 128 cm³/mol. The van der Waals surface area contributed by atoms with Crippen LogP contribution in [0.25, 0.3) is 11.3 Å². The second-order valence-corrected chi connectivity index (χ2v) is 9.83. The maximum Gasteiger partial charge on any atom is 0.410 e. The van der Waals surface area contributed by atoms with Gasteiger partial charge in [0.05, 0.1) is 6.20 Å². The van der Waals surface area contributed by atoms with E-state index in [1.165, 1.54) is 6.20 Å². The van der Waals surface area contributed by atoms with Crippen LogP contribution in [0.3, 0.4) is 0 Å². The van der Waals surface area contributed by atoms with Crippen molar-refractivity contribution in [3.8, 4) is 11.3 Å². The molecule has 34 heavy (non-hydrogen) atoms. The molecule has 2 saturated heterocycles. The monoisotopic (exact) mass is 469 g/mol. The van der Waals surface area contributed by atoms with E-state index in [2.05, 4.69) is 15.3 Å². The van der Waals surface area contributed by atoms with Crippen molar-refractivity contribution in [1.82, 2.24) is 14.9 Å². The van der Waals surface area contributed by atoms with Crippen LogP contribution in [0.15, 0.2) is 30.5 Å². The van der Waals surface area contributed by atoms with Crippen LogP contribution >= 0.6 is 0 Å². The van der Waals surface area contributed by atoms with Gasteiger partial charge in [0.25, 0.3) is 0 Å². The molecule has 0 bridgehead atoms. The molecular weight excluding hydrogens is 437 g/mol. The van der Waals surface area contributed by atoms with Crippen LogP contribution in [0.2, 0.25) is 0 Å². The van der Waals surface area contributed by atoms with Gasteiger partial charge in [-0.05, 0) is 58.6 Å². The molecule has 0 atom stereocenters. The Labute approximate surface area is 199 Å². The molecule has 1 N–H and O–H groups in total. The molecule has 0 saturated carbocycles. The quantitative estimate of drug-likeness (QED) is 0.704.